The highest BCUT2D eigenvalue weighted by atomic mass is 16.5. The van der Waals surface area contributed by atoms with E-state index >= 15 is 0 Å². The van der Waals surface area contributed by atoms with Gasteiger partial charge < -0.3 is 9.53 Å². The number of aldehydes is 1. The summed E-state index contributed by atoms with van der Waals surface area (Å²) in [6.45, 7) is 2.54. The number of carbonyl (C=O) groups is 1. The molecule has 3 heteroatoms. The smallest absolute Gasteiger partial charge is 0.144 e. The molecule has 0 saturated heterocycles. The van der Waals surface area contributed by atoms with Crippen molar-refractivity contribution in [3.8, 4) is 5.75 Å². The van der Waals surface area contributed by atoms with E-state index in [2.05, 4.69) is 4.98 Å². The molecule has 0 amide bonds. The first kappa shape index (κ1) is 8.23. The summed E-state index contributed by atoms with van der Waals surface area (Å²) in [4.78, 5) is 14.8. The van der Waals surface area contributed by atoms with Crippen LogP contribution in [-0.4, -0.2) is 17.9 Å². The fourth-order valence-corrected chi connectivity index (χ4v) is 1.52. The van der Waals surface area contributed by atoms with Crippen molar-refractivity contribution in [1.29, 1.82) is 0 Å². The van der Waals surface area contributed by atoms with Crippen LogP contribution >= 0.6 is 0 Å². The van der Waals surface area contributed by atoms with Gasteiger partial charge in [-0.3, -0.25) is 4.98 Å². The zero-order valence-corrected chi connectivity index (χ0v) is 7.49. The van der Waals surface area contributed by atoms with Crippen LogP contribution in [0.5, 0.6) is 5.75 Å². The quantitative estimate of drug-likeness (QED) is 0.639. The van der Waals surface area contributed by atoms with Gasteiger partial charge >= 0.3 is 0 Å². The predicted octanol–water partition coefficient (Wildman–Crippen LogP) is 1.32. The van der Waals surface area contributed by atoms with Gasteiger partial charge in [-0.1, -0.05) is 0 Å². The van der Waals surface area contributed by atoms with Crippen molar-refractivity contribution in [2.75, 3.05) is 6.61 Å². The minimum absolute atomic E-state index is 0.173. The van der Waals surface area contributed by atoms with E-state index < -0.39 is 0 Å². The number of hydrogen-bond acceptors (Lipinski definition) is 3. The summed E-state index contributed by atoms with van der Waals surface area (Å²) in [6.07, 6.45) is 3.56. The van der Waals surface area contributed by atoms with E-state index in [1.165, 1.54) is 5.56 Å². The van der Waals surface area contributed by atoms with Gasteiger partial charge in [0.05, 0.1) is 18.2 Å². The van der Waals surface area contributed by atoms with E-state index in [-0.39, 0.29) is 5.92 Å². The van der Waals surface area contributed by atoms with Gasteiger partial charge in [-0.2, -0.15) is 0 Å². The van der Waals surface area contributed by atoms with Crippen molar-refractivity contribution in [1.82, 2.24) is 4.98 Å². The highest BCUT2D eigenvalue weighted by Crippen LogP contribution is 2.31. The van der Waals surface area contributed by atoms with Crippen molar-refractivity contribution in [2.45, 2.75) is 19.3 Å². The van der Waals surface area contributed by atoms with Crippen LogP contribution < -0.4 is 4.74 Å². The summed E-state index contributed by atoms with van der Waals surface area (Å²) >= 11 is 0. The Hall–Kier alpha value is -1.38. The summed E-state index contributed by atoms with van der Waals surface area (Å²) in [5.74, 6) is 0.648. The lowest BCUT2D eigenvalue weighted by molar-refractivity contribution is -0.108. The van der Waals surface area contributed by atoms with Gasteiger partial charge in [0.1, 0.15) is 12.0 Å². The van der Waals surface area contributed by atoms with Gasteiger partial charge in [0, 0.05) is 18.2 Å². The number of carbonyl (C=O) groups excluding carboxylic acids is 1. The summed E-state index contributed by atoms with van der Waals surface area (Å²) in [5.41, 5.74) is 1.93. The Morgan fingerprint density at radius 3 is 3.31 bits per heavy atom. The second kappa shape index (κ2) is 3.17. The molecule has 0 bridgehead atoms. The molecule has 1 unspecified atom stereocenters. The maximum Gasteiger partial charge on any atom is 0.144 e. The lowest BCUT2D eigenvalue weighted by atomic mass is 10.1. The minimum Gasteiger partial charge on any atom is -0.491 e. The van der Waals surface area contributed by atoms with E-state index in [9.17, 15) is 4.79 Å². The number of pyridine rings is 1. The van der Waals surface area contributed by atoms with Crippen molar-refractivity contribution < 1.29 is 9.53 Å². The van der Waals surface area contributed by atoms with Crippen LogP contribution in [0.4, 0.5) is 0 Å². The van der Waals surface area contributed by atoms with Crippen LogP contribution in [0.15, 0.2) is 12.3 Å². The molecule has 0 aromatic carbocycles. The van der Waals surface area contributed by atoms with Gasteiger partial charge in [0.2, 0.25) is 0 Å². The molecule has 68 valence electrons. The summed E-state index contributed by atoms with van der Waals surface area (Å²) in [6, 6.07) is 1.95. The molecule has 1 aliphatic heterocycles. The molecule has 3 nitrogen and oxygen atoms in total. The van der Waals surface area contributed by atoms with Crippen molar-refractivity contribution >= 4 is 6.29 Å². The van der Waals surface area contributed by atoms with Gasteiger partial charge in [-0.15, -0.1) is 0 Å². The van der Waals surface area contributed by atoms with E-state index in [0.29, 0.717) is 6.61 Å². The monoisotopic (exact) mass is 177 g/mol. The molecular weight excluding hydrogens is 166 g/mol. The average molecular weight is 177 g/mol. The standard InChI is InChI=1S/C10H11NO2/c1-7(6-12)9-10-8(2-4-11-9)3-5-13-10/h2,4,6-7H,3,5H2,1H3. The summed E-state index contributed by atoms with van der Waals surface area (Å²) in [7, 11) is 0. The van der Waals surface area contributed by atoms with Crippen LogP contribution in [0.1, 0.15) is 24.1 Å². The molecule has 2 heterocycles. The van der Waals surface area contributed by atoms with Gasteiger partial charge in [-0.05, 0) is 13.0 Å². The number of fused-ring (bicyclic) bond motifs is 1. The molecule has 0 radical (unpaired) electrons. The lowest BCUT2D eigenvalue weighted by Crippen LogP contribution is -2.00. The zero-order chi connectivity index (χ0) is 9.26. The first-order chi connectivity index (χ1) is 6.33. The highest BCUT2D eigenvalue weighted by Gasteiger charge is 2.20. The largest absolute Gasteiger partial charge is 0.491 e. The van der Waals surface area contributed by atoms with Crippen LogP contribution in [0.25, 0.3) is 0 Å². The highest BCUT2D eigenvalue weighted by molar-refractivity contribution is 5.63. The predicted molar refractivity (Wildman–Crippen MR) is 47.9 cm³/mol. The van der Waals surface area contributed by atoms with E-state index in [1.807, 2.05) is 13.0 Å². The van der Waals surface area contributed by atoms with Crippen LogP contribution in [0, 0.1) is 0 Å². The number of hydrogen-bond donors (Lipinski definition) is 0. The molecule has 1 aliphatic rings. The van der Waals surface area contributed by atoms with E-state index in [1.54, 1.807) is 6.20 Å². The molecule has 1 aromatic rings. The van der Waals surface area contributed by atoms with Gasteiger partial charge in [0.15, 0.2) is 0 Å². The Bertz CT molecular complexity index is 336. The second-order valence-corrected chi connectivity index (χ2v) is 3.21. The second-order valence-electron chi connectivity index (χ2n) is 3.21. The topological polar surface area (TPSA) is 39.2 Å². The third-order valence-electron chi connectivity index (χ3n) is 2.27. The minimum atomic E-state index is -0.173. The van der Waals surface area contributed by atoms with Crippen molar-refractivity contribution in [3.05, 3.63) is 23.5 Å². The normalized spacial score (nSPS) is 16.1. The van der Waals surface area contributed by atoms with E-state index in [0.717, 1.165) is 24.2 Å². The van der Waals surface area contributed by atoms with Crippen LogP contribution in [0.3, 0.4) is 0 Å². The lowest BCUT2D eigenvalue weighted by Gasteiger charge is -2.07. The molecule has 0 saturated carbocycles. The Morgan fingerprint density at radius 2 is 2.54 bits per heavy atom. The maximum absolute atomic E-state index is 10.6. The Morgan fingerprint density at radius 1 is 1.69 bits per heavy atom. The van der Waals surface area contributed by atoms with E-state index in [4.69, 9.17) is 4.74 Å². The SMILES string of the molecule is CC(C=O)c1nccc2c1OCC2. The molecule has 0 aliphatic carbocycles. The number of ether oxygens (including phenoxy) is 1. The average Bonchev–Trinajstić information content (AvgIpc) is 2.63. The molecule has 13 heavy (non-hydrogen) atoms. The Kier molecular flexibility index (Phi) is 2.00. The molecule has 1 atom stereocenters. The molecule has 0 spiro atoms. The molecule has 0 fully saturated rings. The van der Waals surface area contributed by atoms with Crippen LogP contribution in [0.2, 0.25) is 0 Å². The van der Waals surface area contributed by atoms with Gasteiger partial charge in [0.25, 0.3) is 0 Å². The maximum atomic E-state index is 10.6. The molecular formula is C10H11NO2. The number of rotatable bonds is 2. The molecule has 0 N–H and O–H groups in total. The van der Waals surface area contributed by atoms with Gasteiger partial charge in [-0.25, -0.2) is 0 Å². The van der Waals surface area contributed by atoms with Crippen molar-refractivity contribution in [3.63, 3.8) is 0 Å². The number of aromatic nitrogens is 1. The third-order valence-corrected chi connectivity index (χ3v) is 2.27. The first-order valence-corrected chi connectivity index (χ1v) is 4.39. The fourth-order valence-electron chi connectivity index (χ4n) is 1.52. The van der Waals surface area contributed by atoms with Crippen molar-refractivity contribution in [2.24, 2.45) is 0 Å². The Balaban J connectivity index is 2.46. The molecule has 1 aromatic heterocycles. The summed E-state index contributed by atoms with van der Waals surface area (Å²) in [5, 5.41) is 0. The molecule has 2 rings (SSSR count). The third kappa shape index (κ3) is 1.30. The van der Waals surface area contributed by atoms with Crippen LogP contribution in [-0.2, 0) is 11.2 Å². The zero-order valence-electron chi connectivity index (χ0n) is 7.49. The fraction of sp³-hybridized carbons (Fsp3) is 0.400. The number of nitrogens with zero attached hydrogens (tertiary/aromatic N) is 1. The summed E-state index contributed by atoms with van der Waals surface area (Å²) < 4.78 is 5.43. The Labute approximate surface area is 76.7 Å². The first-order valence-electron chi connectivity index (χ1n) is 4.39.